The van der Waals surface area contributed by atoms with E-state index in [2.05, 4.69) is 4.72 Å². The van der Waals surface area contributed by atoms with Crippen molar-refractivity contribution in [3.05, 3.63) is 53.6 Å². The van der Waals surface area contributed by atoms with Gasteiger partial charge in [0.2, 0.25) is 0 Å². The van der Waals surface area contributed by atoms with Crippen molar-refractivity contribution in [1.82, 2.24) is 0 Å². The van der Waals surface area contributed by atoms with E-state index in [0.29, 0.717) is 16.5 Å². The number of halogens is 1. The number of hydrogen-bond donors (Lipinski definition) is 2. The van der Waals surface area contributed by atoms with Crippen molar-refractivity contribution >= 4 is 38.1 Å². The third-order valence-corrected chi connectivity index (χ3v) is 5.55. The Bertz CT molecular complexity index is 1080. The van der Waals surface area contributed by atoms with Gasteiger partial charge >= 0.3 is 0 Å². The van der Waals surface area contributed by atoms with Crippen LogP contribution in [-0.2, 0) is 10.0 Å². The van der Waals surface area contributed by atoms with Gasteiger partial charge in [0, 0.05) is 16.8 Å². The molecule has 0 bridgehead atoms. The molecular weight excluding hydrogens is 378 g/mol. The van der Waals surface area contributed by atoms with E-state index in [0.717, 1.165) is 0 Å². The molecule has 0 fully saturated rings. The van der Waals surface area contributed by atoms with Gasteiger partial charge in [-0.3, -0.25) is 4.72 Å². The molecule has 0 unspecified atom stereocenters. The number of hydrogen-bond acceptors (Lipinski definition) is 5. The fraction of sp³-hybridized carbons (Fsp3) is 0.111. The lowest BCUT2D eigenvalue weighted by Crippen LogP contribution is -2.14. The molecule has 3 rings (SSSR count). The second kappa shape index (κ2) is 6.93. The Balaban J connectivity index is 2.15. The summed E-state index contributed by atoms with van der Waals surface area (Å²) in [4.78, 5) is -0.0763. The van der Waals surface area contributed by atoms with Crippen LogP contribution in [0.4, 0.5) is 5.69 Å². The molecule has 0 atom stereocenters. The quantitative estimate of drug-likeness (QED) is 0.639. The summed E-state index contributed by atoms with van der Waals surface area (Å²) in [6, 6.07) is 12.6. The zero-order valence-corrected chi connectivity index (χ0v) is 15.6. The van der Waals surface area contributed by atoms with E-state index in [9.17, 15) is 13.5 Å². The highest BCUT2D eigenvalue weighted by Gasteiger charge is 2.22. The number of phenols is 1. The minimum absolute atomic E-state index is 0.0407. The number of rotatable bonds is 5. The topological polar surface area (TPSA) is 84.9 Å². The third kappa shape index (κ3) is 3.23. The van der Waals surface area contributed by atoms with Gasteiger partial charge < -0.3 is 14.6 Å². The van der Waals surface area contributed by atoms with Gasteiger partial charge in [0.05, 0.1) is 24.9 Å². The first-order chi connectivity index (χ1) is 12.4. The lowest BCUT2D eigenvalue weighted by atomic mass is 10.1. The van der Waals surface area contributed by atoms with Crippen molar-refractivity contribution in [2.24, 2.45) is 0 Å². The summed E-state index contributed by atoms with van der Waals surface area (Å²) in [5.41, 5.74) is 0.244. The minimum Gasteiger partial charge on any atom is -0.506 e. The normalized spacial score (nSPS) is 11.3. The van der Waals surface area contributed by atoms with Gasteiger partial charge in [-0.05, 0) is 18.2 Å². The summed E-state index contributed by atoms with van der Waals surface area (Å²) in [6.45, 7) is 0. The average molecular weight is 394 g/mol. The van der Waals surface area contributed by atoms with Crippen LogP contribution in [0.5, 0.6) is 17.2 Å². The van der Waals surface area contributed by atoms with Gasteiger partial charge in [-0.2, -0.15) is 0 Å². The fourth-order valence-corrected chi connectivity index (χ4v) is 4.07. The molecule has 0 saturated carbocycles. The molecule has 0 spiro atoms. The largest absolute Gasteiger partial charge is 0.506 e. The molecule has 0 radical (unpaired) electrons. The number of aromatic hydroxyl groups is 1. The van der Waals surface area contributed by atoms with Crippen LogP contribution in [0.1, 0.15) is 0 Å². The number of benzene rings is 3. The van der Waals surface area contributed by atoms with Gasteiger partial charge in [0.1, 0.15) is 22.1 Å². The fourth-order valence-electron chi connectivity index (χ4n) is 2.60. The van der Waals surface area contributed by atoms with Crippen LogP contribution in [0.3, 0.4) is 0 Å². The minimum atomic E-state index is -4.01. The zero-order chi connectivity index (χ0) is 18.9. The number of nitrogens with one attached hydrogen (secondary N) is 1. The lowest BCUT2D eigenvalue weighted by Gasteiger charge is -2.15. The number of anilines is 1. The first kappa shape index (κ1) is 18.2. The molecule has 0 aliphatic heterocycles. The van der Waals surface area contributed by atoms with Crippen molar-refractivity contribution in [2.75, 3.05) is 18.9 Å². The van der Waals surface area contributed by atoms with Gasteiger partial charge in [-0.1, -0.05) is 35.9 Å². The second-order valence-electron chi connectivity index (χ2n) is 5.42. The SMILES string of the molecule is COc1ccc(OC)c(S(=O)(=O)Nc2cc(Cl)c(O)c3ccccc23)c1. The van der Waals surface area contributed by atoms with Gasteiger partial charge in [-0.25, -0.2) is 8.42 Å². The first-order valence-electron chi connectivity index (χ1n) is 7.52. The number of ether oxygens (including phenoxy) is 2. The molecule has 3 aromatic rings. The summed E-state index contributed by atoms with van der Waals surface area (Å²) in [7, 11) is -1.18. The Kier molecular flexibility index (Phi) is 4.84. The van der Waals surface area contributed by atoms with Crippen LogP contribution in [-0.4, -0.2) is 27.7 Å². The van der Waals surface area contributed by atoms with Crippen molar-refractivity contribution in [1.29, 1.82) is 0 Å². The monoisotopic (exact) mass is 393 g/mol. The maximum Gasteiger partial charge on any atom is 0.265 e. The highest BCUT2D eigenvalue weighted by molar-refractivity contribution is 7.92. The summed E-state index contributed by atoms with van der Waals surface area (Å²) in [5, 5.41) is 11.1. The Morgan fingerprint density at radius 3 is 2.35 bits per heavy atom. The number of methoxy groups -OCH3 is 2. The van der Waals surface area contributed by atoms with Crippen molar-refractivity contribution in [3.63, 3.8) is 0 Å². The summed E-state index contributed by atoms with van der Waals surface area (Å²) >= 11 is 6.04. The molecule has 3 aromatic carbocycles. The smallest absolute Gasteiger partial charge is 0.265 e. The van der Waals surface area contributed by atoms with Gasteiger partial charge in [0.25, 0.3) is 10.0 Å². The van der Waals surface area contributed by atoms with Crippen LogP contribution in [0.25, 0.3) is 10.8 Å². The molecule has 0 aliphatic carbocycles. The van der Waals surface area contributed by atoms with E-state index in [1.165, 1.54) is 32.4 Å². The molecular formula is C18H16ClNO5S. The third-order valence-electron chi connectivity index (χ3n) is 3.87. The summed E-state index contributed by atoms with van der Waals surface area (Å²) < 4.78 is 38.6. The maximum atomic E-state index is 12.9. The highest BCUT2D eigenvalue weighted by Crippen LogP contribution is 2.39. The summed E-state index contributed by atoms with van der Waals surface area (Å²) in [5.74, 6) is 0.441. The van der Waals surface area contributed by atoms with Crippen LogP contribution >= 0.6 is 11.6 Å². The Morgan fingerprint density at radius 2 is 1.69 bits per heavy atom. The van der Waals surface area contributed by atoms with Gasteiger partial charge in [-0.15, -0.1) is 0 Å². The molecule has 8 heteroatoms. The van der Waals surface area contributed by atoms with E-state index in [-0.39, 0.29) is 27.1 Å². The zero-order valence-electron chi connectivity index (χ0n) is 14.0. The molecule has 0 aliphatic rings. The maximum absolute atomic E-state index is 12.9. The number of fused-ring (bicyclic) bond motifs is 1. The molecule has 0 amide bonds. The van der Waals surface area contributed by atoms with Crippen LogP contribution in [0, 0.1) is 0 Å². The summed E-state index contributed by atoms with van der Waals surface area (Å²) in [6.07, 6.45) is 0. The molecule has 0 aromatic heterocycles. The molecule has 26 heavy (non-hydrogen) atoms. The number of phenolic OH excluding ortho intramolecular Hbond substituents is 1. The molecule has 136 valence electrons. The van der Waals surface area contributed by atoms with Crippen molar-refractivity contribution < 1.29 is 23.0 Å². The molecule has 0 heterocycles. The van der Waals surface area contributed by atoms with E-state index in [1.807, 2.05) is 0 Å². The predicted molar refractivity (Wildman–Crippen MR) is 101 cm³/mol. The lowest BCUT2D eigenvalue weighted by molar-refractivity contribution is 0.392. The van der Waals surface area contributed by atoms with Crippen LogP contribution in [0.15, 0.2) is 53.4 Å². The van der Waals surface area contributed by atoms with Gasteiger partial charge in [0.15, 0.2) is 0 Å². The second-order valence-corrected chi connectivity index (χ2v) is 7.48. The molecule has 0 saturated heterocycles. The Hall–Kier alpha value is -2.64. The van der Waals surface area contributed by atoms with Crippen molar-refractivity contribution in [2.45, 2.75) is 4.90 Å². The van der Waals surface area contributed by atoms with E-state index in [1.54, 1.807) is 30.3 Å². The van der Waals surface area contributed by atoms with E-state index in [4.69, 9.17) is 21.1 Å². The van der Waals surface area contributed by atoms with E-state index < -0.39 is 10.0 Å². The van der Waals surface area contributed by atoms with Crippen molar-refractivity contribution in [3.8, 4) is 17.2 Å². The first-order valence-corrected chi connectivity index (χ1v) is 9.38. The standard InChI is InChI=1S/C18H16ClNO5S/c1-24-11-7-8-16(25-2)17(9-11)26(22,23)20-15-10-14(19)18(21)13-6-4-3-5-12(13)15/h3-10,20-21H,1-2H3. The highest BCUT2D eigenvalue weighted by atomic mass is 35.5. The predicted octanol–water partition coefficient (Wildman–Crippen LogP) is 4.02. The van der Waals surface area contributed by atoms with Crippen LogP contribution < -0.4 is 14.2 Å². The molecule has 6 nitrogen and oxygen atoms in total. The Morgan fingerprint density at radius 1 is 1.00 bits per heavy atom. The average Bonchev–Trinajstić information content (AvgIpc) is 2.65. The number of sulfonamides is 1. The molecule has 2 N–H and O–H groups in total. The van der Waals surface area contributed by atoms with E-state index >= 15 is 0 Å². The van der Waals surface area contributed by atoms with Crippen LogP contribution in [0.2, 0.25) is 5.02 Å². The Labute approximate surface area is 156 Å².